The summed E-state index contributed by atoms with van der Waals surface area (Å²) < 4.78 is 4.03. The second kappa shape index (κ2) is 9.30. The van der Waals surface area contributed by atoms with E-state index in [0.29, 0.717) is 6.04 Å². The lowest BCUT2D eigenvalue weighted by Gasteiger charge is -2.25. The first kappa shape index (κ1) is 20.5. The average Bonchev–Trinajstić information content (AvgIpc) is 3.30. The highest BCUT2D eigenvalue weighted by molar-refractivity contribution is 14.0. The topological polar surface area (TPSA) is 97.3 Å². The molecule has 1 atom stereocenters. The third-order valence-corrected chi connectivity index (χ3v) is 4.81. The maximum Gasteiger partial charge on any atom is 0.191 e. The molecule has 3 aromatic rings. The SMILES string of the molecule is CCc1nc2n(n1)CC(NC(=NC)NCCc1nnc3ccccn13)CC2.I. The molecule has 0 amide bonds. The van der Waals surface area contributed by atoms with E-state index < -0.39 is 0 Å². The lowest BCUT2D eigenvalue weighted by Crippen LogP contribution is -2.47. The van der Waals surface area contributed by atoms with Crippen molar-refractivity contribution in [1.29, 1.82) is 0 Å². The number of nitrogens with zero attached hydrogens (tertiary/aromatic N) is 7. The van der Waals surface area contributed by atoms with Crippen LogP contribution in [-0.2, 0) is 25.8 Å². The van der Waals surface area contributed by atoms with Gasteiger partial charge in [-0.2, -0.15) is 5.10 Å². The van der Waals surface area contributed by atoms with Crippen molar-refractivity contribution in [3.8, 4) is 0 Å². The van der Waals surface area contributed by atoms with Crippen molar-refractivity contribution < 1.29 is 0 Å². The fraction of sp³-hybridized carbons (Fsp3) is 0.500. The molecule has 1 aliphatic heterocycles. The maximum atomic E-state index is 4.57. The van der Waals surface area contributed by atoms with E-state index in [9.17, 15) is 0 Å². The Balaban J connectivity index is 0.00000225. The van der Waals surface area contributed by atoms with E-state index in [0.717, 1.165) is 67.9 Å². The Labute approximate surface area is 181 Å². The third-order valence-electron chi connectivity index (χ3n) is 4.81. The number of guanidine groups is 1. The van der Waals surface area contributed by atoms with E-state index in [1.165, 1.54) is 0 Å². The molecular formula is C18H26IN9. The summed E-state index contributed by atoms with van der Waals surface area (Å²) in [4.78, 5) is 8.92. The summed E-state index contributed by atoms with van der Waals surface area (Å²) in [5.74, 6) is 3.75. The van der Waals surface area contributed by atoms with Crippen LogP contribution < -0.4 is 10.6 Å². The van der Waals surface area contributed by atoms with Crippen molar-refractivity contribution in [2.75, 3.05) is 13.6 Å². The Morgan fingerprint density at radius 3 is 3.04 bits per heavy atom. The second-order valence-corrected chi connectivity index (χ2v) is 6.65. The highest BCUT2D eigenvalue weighted by Gasteiger charge is 2.22. The molecule has 0 saturated carbocycles. The predicted octanol–water partition coefficient (Wildman–Crippen LogP) is 1.22. The molecule has 0 saturated heterocycles. The monoisotopic (exact) mass is 495 g/mol. The van der Waals surface area contributed by atoms with E-state index >= 15 is 0 Å². The Morgan fingerprint density at radius 2 is 2.21 bits per heavy atom. The quantitative estimate of drug-likeness (QED) is 0.314. The van der Waals surface area contributed by atoms with Crippen LogP contribution in [0.2, 0.25) is 0 Å². The van der Waals surface area contributed by atoms with Crippen LogP contribution in [0.25, 0.3) is 5.65 Å². The summed E-state index contributed by atoms with van der Waals surface area (Å²) >= 11 is 0. The van der Waals surface area contributed by atoms with Crippen molar-refractivity contribution in [3.05, 3.63) is 41.9 Å². The lowest BCUT2D eigenvalue weighted by molar-refractivity contribution is 0.392. The van der Waals surface area contributed by atoms with Gasteiger partial charge in [-0.3, -0.25) is 9.39 Å². The normalized spacial score (nSPS) is 16.5. The molecule has 0 spiro atoms. The summed E-state index contributed by atoms with van der Waals surface area (Å²) in [6, 6.07) is 6.20. The lowest BCUT2D eigenvalue weighted by atomic mass is 10.1. The predicted molar refractivity (Wildman–Crippen MR) is 118 cm³/mol. The number of aryl methyl sites for hydroxylation is 2. The summed E-state index contributed by atoms with van der Waals surface area (Å²) in [5, 5.41) is 19.9. The van der Waals surface area contributed by atoms with Crippen LogP contribution in [0.5, 0.6) is 0 Å². The average molecular weight is 495 g/mol. The second-order valence-electron chi connectivity index (χ2n) is 6.65. The molecule has 150 valence electrons. The molecule has 1 unspecified atom stereocenters. The Morgan fingerprint density at radius 1 is 1.32 bits per heavy atom. The molecule has 0 aromatic carbocycles. The molecular weight excluding hydrogens is 469 g/mol. The van der Waals surface area contributed by atoms with Gasteiger partial charge in [0.1, 0.15) is 11.6 Å². The van der Waals surface area contributed by atoms with Gasteiger partial charge in [0.2, 0.25) is 0 Å². The molecule has 0 bridgehead atoms. The first-order chi connectivity index (χ1) is 13.3. The molecule has 0 aliphatic carbocycles. The number of aliphatic imine (C=N–C) groups is 1. The maximum absolute atomic E-state index is 4.57. The Kier molecular flexibility index (Phi) is 6.81. The number of pyridine rings is 1. The highest BCUT2D eigenvalue weighted by Crippen LogP contribution is 2.13. The van der Waals surface area contributed by atoms with Crippen molar-refractivity contribution >= 4 is 35.6 Å². The Hall–Kier alpha value is -2.24. The number of fused-ring (bicyclic) bond motifs is 2. The summed E-state index contributed by atoms with van der Waals surface area (Å²) in [7, 11) is 1.79. The van der Waals surface area contributed by atoms with Gasteiger partial charge in [0.15, 0.2) is 17.4 Å². The van der Waals surface area contributed by atoms with E-state index in [1.54, 1.807) is 7.05 Å². The molecule has 10 heteroatoms. The van der Waals surface area contributed by atoms with Gasteiger partial charge in [-0.1, -0.05) is 13.0 Å². The zero-order valence-electron chi connectivity index (χ0n) is 16.2. The van der Waals surface area contributed by atoms with Gasteiger partial charge in [0.05, 0.1) is 6.54 Å². The number of halogens is 1. The molecule has 4 rings (SSSR count). The zero-order valence-corrected chi connectivity index (χ0v) is 18.5. The van der Waals surface area contributed by atoms with Crippen LogP contribution in [0.15, 0.2) is 29.4 Å². The van der Waals surface area contributed by atoms with Gasteiger partial charge in [-0.05, 0) is 18.6 Å². The fourth-order valence-electron chi connectivity index (χ4n) is 3.37. The summed E-state index contributed by atoms with van der Waals surface area (Å²) in [6.07, 6.45) is 5.59. The van der Waals surface area contributed by atoms with Gasteiger partial charge < -0.3 is 10.6 Å². The standard InChI is InChI=1S/C18H25N9.HI/c1-3-14-22-15-8-7-13(12-27(15)25-14)21-18(19-2)20-10-9-17-24-23-16-6-4-5-11-26(16)17;/h4-6,11,13H,3,7-10,12H2,1-2H3,(H2,19,20,21);1H. The molecule has 0 fully saturated rings. The van der Waals surface area contributed by atoms with Crippen LogP contribution in [0.4, 0.5) is 0 Å². The molecule has 1 aliphatic rings. The fourth-order valence-corrected chi connectivity index (χ4v) is 3.37. The molecule has 0 radical (unpaired) electrons. The largest absolute Gasteiger partial charge is 0.356 e. The van der Waals surface area contributed by atoms with Crippen molar-refractivity contribution in [2.24, 2.45) is 4.99 Å². The van der Waals surface area contributed by atoms with Gasteiger partial charge >= 0.3 is 0 Å². The van der Waals surface area contributed by atoms with Crippen LogP contribution in [-0.4, -0.2) is 55.0 Å². The van der Waals surface area contributed by atoms with E-state index in [-0.39, 0.29) is 24.0 Å². The van der Waals surface area contributed by atoms with Gasteiger partial charge in [0, 0.05) is 45.1 Å². The number of hydrogen-bond donors (Lipinski definition) is 2. The van der Waals surface area contributed by atoms with Gasteiger partial charge in [-0.25, -0.2) is 9.67 Å². The zero-order chi connectivity index (χ0) is 18.6. The van der Waals surface area contributed by atoms with Crippen LogP contribution >= 0.6 is 24.0 Å². The molecule has 28 heavy (non-hydrogen) atoms. The highest BCUT2D eigenvalue weighted by atomic mass is 127. The summed E-state index contributed by atoms with van der Waals surface area (Å²) in [6.45, 7) is 3.63. The van der Waals surface area contributed by atoms with Crippen molar-refractivity contribution in [3.63, 3.8) is 0 Å². The number of nitrogens with one attached hydrogen (secondary N) is 2. The van der Waals surface area contributed by atoms with E-state index in [4.69, 9.17) is 0 Å². The number of aromatic nitrogens is 6. The molecule has 3 aromatic heterocycles. The number of hydrogen-bond acceptors (Lipinski definition) is 5. The minimum atomic E-state index is 0. The molecule has 2 N–H and O–H groups in total. The third kappa shape index (κ3) is 4.42. The Bertz CT molecular complexity index is 946. The molecule has 4 heterocycles. The van der Waals surface area contributed by atoms with Crippen molar-refractivity contribution in [1.82, 2.24) is 40.0 Å². The smallest absolute Gasteiger partial charge is 0.191 e. The first-order valence-electron chi connectivity index (χ1n) is 9.45. The molecule has 9 nitrogen and oxygen atoms in total. The first-order valence-corrected chi connectivity index (χ1v) is 9.45. The van der Waals surface area contributed by atoms with E-state index in [2.05, 4.69) is 42.8 Å². The van der Waals surface area contributed by atoms with Gasteiger partial charge in [0.25, 0.3) is 0 Å². The number of rotatable bonds is 5. The van der Waals surface area contributed by atoms with E-state index in [1.807, 2.05) is 33.5 Å². The van der Waals surface area contributed by atoms with Gasteiger partial charge in [-0.15, -0.1) is 34.2 Å². The van der Waals surface area contributed by atoms with Crippen molar-refractivity contribution in [2.45, 2.75) is 45.2 Å². The van der Waals surface area contributed by atoms with Crippen LogP contribution in [0, 0.1) is 0 Å². The van der Waals surface area contributed by atoms with Crippen LogP contribution in [0.1, 0.15) is 30.8 Å². The van der Waals surface area contributed by atoms with Crippen LogP contribution in [0.3, 0.4) is 0 Å². The minimum absolute atomic E-state index is 0. The minimum Gasteiger partial charge on any atom is -0.356 e. The summed E-state index contributed by atoms with van der Waals surface area (Å²) in [5.41, 5.74) is 0.868.